The lowest BCUT2D eigenvalue weighted by atomic mass is 10.1. The Morgan fingerprint density at radius 2 is 1.67 bits per heavy atom. The molecule has 0 bridgehead atoms. The standard InChI is InChI=1S/C16H19NO/c1-2-17-13-12-14-8-6-7-11-16(14)18-15-9-4-3-5-10-15/h3-11,17H,2,12-13H2,1H3. The number of benzene rings is 2. The van der Waals surface area contributed by atoms with Gasteiger partial charge in [-0.3, -0.25) is 0 Å². The van der Waals surface area contributed by atoms with E-state index in [1.54, 1.807) is 0 Å². The van der Waals surface area contributed by atoms with Crippen molar-refractivity contribution in [1.82, 2.24) is 5.32 Å². The minimum Gasteiger partial charge on any atom is -0.457 e. The van der Waals surface area contributed by atoms with Gasteiger partial charge in [0.2, 0.25) is 0 Å². The first-order valence-electron chi connectivity index (χ1n) is 6.41. The molecule has 0 spiro atoms. The third-order valence-corrected chi connectivity index (χ3v) is 2.76. The molecule has 2 aromatic rings. The Bertz CT molecular complexity index is 468. The van der Waals surface area contributed by atoms with Gasteiger partial charge in [-0.05, 0) is 43.3 Å². The van der Waals surface area contributed by atoms with Crippen LogP contribution < -0.4 is 10.1 Å². The van der Waals surface area contributed by atoms with E-state index in [1.807, 2.05) is 42.5 Å². The Labute approximate surface area is 109 Å². The Morgan fingerprint density at radius 3 is 2.44 bits per heavy atom. The molecule has 0 radical (unpaired) electrons. The Hall–Kier alpha value is -1.80. The van der Waals surface area contributed by atoms with Gasteiger partial charge in [-0.1, -0.05) is 43.3 Å². The van der Waals surface area contributed by atoms with Crippen molar-refractivity contribution in [2.24, 2.45) is 0 Å². The molecule has 2 rings (SSSR count). The van der Waals surface area contributed by atoms with Crippen LogP contribution in [0.5, 0.6) is 11.5 Å². The van der Waals surface area contributed by atoms with Crippen LogP contribution in [0.3, 0.4) is 0 Å². The second kappa shape index (κ2) is 6.82. The first kappa shape index (κ1) is 12.7. The lowest BCUT2D eigenvalue weighted by Gasteiger charge is -2.11. The van der Waals surface area contributed by atoms with E-state index in [0.29, 0.717) is 0 Å². The van der Waals surface area contributed by atoms with Crippen LogP contribution in [0.1, 0.15) is 12.5 Å². The van der Waals surface area contributed by atoms with Crippen LogP contribution in [0.15, 0.2) is 54.6 Å². The molecular weight excluding hydrogens is 222 g/mol. The SMILES string of the molecule is CCNCCc1ccccc1Oc1ccccc1. The van der Waals surface area contributed by atoms with E-state index in [-0.39, 0.29) is 0 Å². The van der Waals surface area contributed by atoms with E-state index >= 15 is 0 Å². The van der Waals surface area contributed by atoms with Gasteiger partial charge in [-0.15, -0.1) is 0 Å². The average molecular weight is 241 g/mol. The second-order valence-electron chi connectivity index (χ2n) is 4.13. The Kier molecular flexibility index (Phi) is 4.79. The van der Waals surface area contributed by atoms with E-state index in [4.69, 9.17) is 4.74 Å². The predicted molar refractivity (Wildman–Crippen MR) is 75.2 cm³/mol. The molecule has 0 amide bonds. The summed E-state index contributed by atoms with van der Waals surface area (Å²) < 4.78 is 5.91. The molecule has 0 aromatic heterocycles. The number of ether oxygens (including phenoxy) is 1. The van der Waals surface area contributed by atoms with Crippen LogP contribution in [0.4, 0.5) is 0 Å². The van der Waals surface area contributed by atoms with E-state index < -0.39 is 0 Å². The van der Waals surface area contributed by atoms with Crippen molar-refractivity contribution in [2.75, 3.05) is 13.1 Å². The molecule has 0 heterocycles. The van der Waals surface area contributed by atoms with Crippen molar-refractivity contribution in [3.63, 3.8) is 0 Å². The molecule has 0 aliphatic rings. The zero-order chi connectivity index (χ0) is 12.6. The molecule has 2 nitrogen and oxygen atoms in total. The van der Waals surface area contributed by atoms with Gasteiger partial charge in [0.05, 0.1) is 0 Å². The minimum atomic E-state index is 0.883. The van der Waals surface area contributed by atoms with Gasteiger partial charge in [0.1, 0.15) is 11.5 Å². The number of para-hydroxylation sites is 2. The zero-order valence-corrected chi connectivity index (χ0v) is 10.7. The molecule has 2 aromatic carbocycles. The predicted octanol–water partition coefficient (Wildman–Crippen LogP) is 3.63. The highest BCUT2D eigenvalue weighted by Crippen LogP contribution is 2.25. The van der Waals surface area contributed by atoms with Crippen LogP contribution in [-0.2, 0) is 6.42 Å². The number of nitrogens with one attached hydrogen (secondary N) is 1. The highest BCUT2D eigenvalue weighted by molar-refractivity contribution is 5.37. The summed E-state index contributed by atoms with van der Waals surface area (Å²) in [6.45, 7) is 4.10. The maximum atomic E-state index is 5.91. The van der Waals surface area contributed by atoms with E-state index in [1.165, 1.54) is 5.56 Å². The normalized spacial score (nSPS) is 10.3. The van der Waals surface area contributed by atoms with Gasteiger partial charge in [0.15, 0.2) is 0 Å². The molecule has 0 aliphatic carbocycles. The van der Waals surface area contributed by atoms with Crippen LogP contribution in [-0.4, -0.2) is 13.1 Å². The molecule has 0 saturated carbocycles. The van der Waals surface area contributed by atoms with Gasteiger partial charge in [-0.2, -0.15) is 0 Å². The topological polar surface area (TPSA) is 21.3 Å². The second-order valence-corrected chi connectivity index (χ2v) is 4.13. The molecular formula is C16H19NO. The quantitative estimate of drug-likeness (QED) is 0.780. The van der Waals surface area contributed by atoms with Crippen molar-refractivity contribution >= 4 is 0 Å². The molecule has 2 heteroatoms. The first-order valence-corrected chi connectivity index (χ1v) is 6.41. The number of rotatable bonds is 6. The van der Waals surface area contributed by atoms with Crippen LogP contribution in [0, 0.1) is 0 Å². The third kappa shape index (κ3) is 3.60. The summed E-state index contributed by atoms with van der Waals surface area (Å²) in [5, 5.41) is 3.33. The summed E-state index contributed by atoms with van der Waals surface area (Å²) in [4.78, 5) is 0. The molecule has 94 valence electrons. The maximum Gasteiger partial charge on any atom is 0.130 e. The number of hydrogen-bond donors (Lipinski definition) is 1. The van der Waals surface area contributed by atoms with Gasteiger partial charge in [0, 0.05) is 0 Å². The lowest BCUT2D eigenvalue weighted by Crippen LogP contribution is -2.16. The van der Waals surface area contributed by atoms with Gasteiger partial charge in [-0.25, -0.2) is 0 Å². The van der Waals surface area contributed by atoms with Crippen molar-refractivity contribution < 1.29 is 4.74 Å². The fourth-order valence-electron chi connectivity index (χ4n) is 1.83. The minimum absolute atomic E-state index is 0.883. The molecule has 0 atom stereocenters. The summed E-state index contributed by atoms with van der Waals surface area (Å²) in [5.41, 5.74) is 1.24. The highest BCUT2D eigenvalue weighted by Gasteiger charge is 2.03. The molecule has 0 aliphatic heterocycles. The van der Waals surface area contributed by atoms with Crippen LogP contribution in [0.2, 0.25) is 0 Å². The highest BCUT2D eigenvalue weighted by atomic mass is 16.5. The molecule has 0 unspecified atom stereocenters. The average Bonchev–Trinajstić information content (AvgIpc) is 2.42. The summed E-state index contributed by atoms with van der Waals surface area (Å²) in [6.07, 6.45) is 0.983. The van der Waals surface area contributed by atoms with Crippen LogP contribution >= 0.6 is 0 Å². The number of hydrogen-bond acceptors (Lipinski definition) is 2. The lowest BCUT2D eigenvalue weighted by molar-refractivity contribution is 0.475. The maximum absolute atomic E-state index is 5.91. The Morgan fingerprint density at radius 1 is 0.944 bits per heavy atom. The van der Waals surface area contributed by atoms with Crippen molar-refractivity contribution in [3.05, 3.63) is 60.2 Å². The number of likely N-dealkylation sites (N-methyl/N-ethyl adjacent to an activating group) is 1. The molecule has 1 N–H and O–H groups in total. The molecule has 0 saturated heterocycles. The molecule has 18 heavy (non-hydrogen) atoms. The monoisotopic (exact) mass is 241 g/mol. The molecule has 0 fully saturated rings. The largest absolute Gasteiger partial charge is 0.457 e. The first-order chi connectivity index (χ1) is 8.90. The zero-order valence-electron chi connectivity index (χ0n) is 10.7. The van der Waals surface area contributed by atoms with Crippen molar-refractivity contribution in [2.45, 2.75) is 13.3 Å². The Balaban J connectivity index is 2.07. The summed E-state index contributed by atoms with van der Waals surface area (Å²) in [7, 11) is 0. The summed E-state index contributed by atoms with van der Waals surface area (Å²) in [6, 6.07) is 18.1. The third-order valence-electron chi connectivity index (χ3n) is 2.76. The van der Waals surface area contributed by atoms with E-state index in [2.05, 4.69) is 24.4 Å². The van der Waals surface area contributed by atoms with E-state index in [9.17, 15) is 0 Å². The van der Waals surface area contributed by atoms with Crippen LogP contribution in [0.25, 0.3) is 0 Å². The fraction of sp³-hybridized carbons (Fsp3) is 0.250. The van der Waals surface area contributed by atoms with Crippen molar-refractivity contribution in [3.8, 4) is 11.5 Å². The fourth-order valence-corrected chi connectivity index (χ4v) is 1.83. The van der Waals surface area contributed by atoms with Gasteiger partial charge < -0.3 is 10.1 Å². The van der Waals surface area contributed by atoms with Crippen molar-refractivity contribution in [1.29, 1.82) is 0 Å². The summed E-state index contributed by atoms with van der Waals surface area (Å²) in [5.74, 6) is 1.83. The van der Waals surface area contributed by atoms with Gasteiger partial charge >= 0.3 is 0 Å². The smallest absolute Gasteiger partial charge is 0.130 e. The summed E-state index contributed by atoms with van der Waals surface area (Å²) >= 11 is 0. The van der Waals surface area contributed by atoms with E-state index in [0.717, 1.165) is 31.0 Å². The van der Waals surface area contributed by atoms with Gasteiger partial charge in [0.25, 0.3) is 0 Å².